The van der Waals surface area contributed by atoms with E-state index in [1.807, 2.05) is 6.07 Å². The van der Waals surface area contributed by atoms with E-state index in [0.29, 0.717) is 9.43 Å². The lowest BCUT2D eigenvalue weighted by molar-refractivity contribution is 0.0699. The van der Waals surface area contributed by atoms with Gasteiger partial charge < -0.3 is 5.11 Å². The Bertz CT molecular complexity index is 480. The molecule has 1 aromatic heterocycles. The van der Waals surface area contributed by atoms with Crippen molar-refractivity contribution in [2.45, 2.75) is 0 Å². The zero-order valence-corrected chi connectivity index (χ0v) is 8.72. The lowest BCUT2D eigenvalue weighted by Gasteiger charge is -1.93. The van der Waals surface area contributed by atoms with Crippen LogP contribution in [0.4, 0.5) is 0 Å². The van der Waals surface area contributed by atoms with E-state index >= 15 is 0 Å². The quantitative estimate of drug-likeness (QED) is 0.855. The maximum absolute atomic E-state index is 10.8. The van der Waals surface area contributed by atoms with Crippen molar-refractivity contribution in [3.05, 3.63) is 27.7 Å². The normalized spacial score (nSPS) is 10.5. The first-order valence-corrected chi connectivity index (χ1v) is 5.08. The van der Waals surface area contributed by atoms with E-state index in [0.717, 1.165) is 4.70 Å². The molecule has 0 bridgehead atoms. The Morgan fingerprint density at radius 3 is 3.00 bits per heavy atom. The minimum Gasteiger partial charge on any atom is -0.478 e. The fourth-order valence-electron chi connectivity index (χ4n) is 1.09. The molecule has 1 N–H and O–H groups in total. The number of benzene rings is 1. The van der Waals surface area contributed by atoms with Crippen LogP contribution in [0.25, 0.3) is 10.2 Å². The Balaban J connectivity index is 2.82. The second-order valence-corrected chi connectivity index (χ2v) is 4.73. The van der Waals surface area contributed by atoms with E-state index in [2.05, 4.69) is 20.9 Å². The molecule has 0 atom stereocenters. The molecule has 0 aliphatic carbocycles. The van der Waals surface area contributed by atoms with Gasteiger partial charge in [-0.25, -0.2) is 9.78 Å². The molecule has 66 valence electrons. The predicted octanol–water partition coefficient (Wildman–Crippen LogP) is 2.76. The molecule has 0 spiro atoms. The fourth-order valence-corrected chi connectivity index (χ4v) is 2.51. The number of carboxylic acids is 1. The van der Waals surface area contributed by atoms with Gasteiger partial charge in [0.05, 0.1) is 15.8 Å². The lowest BCUT2D eigenvalue weighted by Crippen LogP contribution is -1.96. The first-order valence-electron chi connectivity index (χ1n) is 3.47. The highest BCUT2D eigenvalue weighted by Gasteiger charge is 2.11. The van der Waals surface area contributed by atoms with Crippen LogP contribution in [0.3, 0.4) is 0 Å². The van der Waals surface area contributed by atoms with Gasteiger partial charge in [0, 0.05) is 0 Å². The van der Waals surface area contributed by atoms with E-state index < -0.39 is 5.97 Å². The number of aromatic nitrogens is 1. The summed E-state index contributed by atoms with van der Waals surface area (Å²) >= 11 is 4.65. The van der Waals surface area contributed by atoms with E-state index in [9.17, 15) is 4.79 Å². The topological polar surface area (TPSA) is 50.2 Å². The highest BCUT2D eigenvalue weighted by molar-refractivity contribution is 9.11. The number of thiazole rings is 1. The van der Waals surface area contributed by atoms with E-state index in [1.54, 1.807) is 12.1 Å². The minimum atomic E-state index is -0.941. The predicted molar refractivity (Wildman–Crippen MR) is 54.3 cm³/mol. The van der Waals surface area contributed by atoms with Crippen molar-refractivity contribution in [1.29, 1.82) is 0 Å². The molecule has 0 aliphatic rings. The number of fused-ring (bicyclic) bond motifs is 1. The summed E-state index contributed by atoms with van der Waals surface area (Å²) in [5.41, 5.74) is 0.798. The largest absolute Gasteiger partial charge is 0.478 e. The molecule has 0 saturated carbocycles. The number of halogens is 1. The van der Waals surface area contributed by atoms with Crippen molar-refractivity contribution in [2.24, 2.45) is 0 Å². The SMILES string of the molecule is O=C(O)c1cccc2sc(Br)nc12. The van der Waals surface area contributed by atoms with Crippen LogP contribution in [0.5, 0.6) is 0 Å². The van der Waals surface area contributed by atoms with Crippen molar-refractivity contribution in [3.8, 4) is 0 Å². The van der Waals surface area contributed by atoms with Gasteiger partial charge in [0.1, 0.15) is 0 Å². The molecule has 0 radical (unpaired) electrons. The van der Waals surface area contributed by atoms with Crippen LogP contribution in [0.1, 0.15) is 10.4 Å². The van der Waals surface area contributed by atoms with Gasteiger partial charge in [-0.05, 0) is 28.1 Å². The molecule has 3 nitrogen and oxygen atoms in total. The number of hydrogen-bond acceptors (Lipinski definition) is 3. The van der Waals surface area contributed by atoms with Gasteiger partial charge >= 0.3 is 5.97 Å². The molecule has 0 saturated heterocycles. The van der Waals surface area contributed by atoms with Crippen LogP contribution in [-0.4, -0.2) is 16.1 Å². The van der Waals surface area contributed by atoms with Crippen molar-refractivity contribution < 1.29 is 9.90 Å². The number of rotatable bonds is 1. The van der Waals surface area contributed by atoms with Gasteiger partial charge in [0.15, 0.2) is 3.92 Å². The first-order chi connectivity index (χ1) is 6.18. The monoisotopic (exact) mass is 257 g/mol. The average molecular weight is 258 g/mol. The standard InChI is InChI=1S/C8H4BrNO2S/c9-8-10-6-4(7(11)12)2-1-3-5(6)13-8/h1-3H,(H,11,12). The Labute approximate surface area is 86.2 Å². The molecule has 1 aromatic carbocycles. The van der Waals surface area contributed by atoms with E-state index in [4.69, 9.17) is 5.11 Å². The molecule has 0 fully saturated rings. The van der Waals surface area contributed by atoms with E-state index in [1.165, 1.54) is 11.3 Å². The highest BCUT2D eigenvalue weighted by Crippen LogP contribution is 2.27. The van der Waals surface area contributed by atoms with Gasteiger partial charge in [-0.15, -0.1) is 11.3 Å². The maximum Gasteiger partial charge on any atom is 0.337 e. The van der Waals surface area contributed by atoms with Crippen LogP contribution in [-0.2, 0) is 0 Å². The highest BCUT2D eigenvalue weighted by atomic mass is 79.9. The van der Waals surface area contributed by atoms with Crippen LogP contribution in [0.15, 0.2) is 22.1 Å². The summed E-state index contributed by atoms with van der Waals surface area (Å²) in [6.45, 7) is 0. The zero-order chi connectivity index (χ0) is 9.42. The summed E-state index contributed by atoms with van der Waals surface area (Å²) in [6, 6.07) is 5.12. The van der Waals surface area contributed by atoms with Gasteiger partial charge in [0.2, 0.25) is 0 Å². The Morgan fingerprint density at radius 2 is 2.31 bits per heavy atom. The minimum absolute atomic E-state index is 0.249. The molecule has 0 amide bonds. The summed E-state index contributed by atoms with van der Waals surface area (Å²) in [7, 11) is 0. The molecule has 2 aromatic rings. The van der Waals surface area contributed by atoms with Crippen LogP contribution in [0, 0.1) is 0 Å². The third-order valence-electron chi connectivity index (χ3n) is 1.62. The van der Waals surface area contributed by atoms with Crippen molar-refractivity contribution in [1.82, 2.24) is 4.98 Å². The zero-order valence-electron chi connectivity index (χ0n) is 6.32. The molecule has 5 heteroatoms. The second-order valence-electron chi connectivity index (χ2n) is 2.42. The lowest BCUT2D eigenvalue weighted by atomic mass is 10.2. The van der Waals surface area contributed by atoms with Gasteiger partial charge in [-0.2, -0.15) is 0 Å². The summed E-state index contributed by atoms with van der Waals surface area (Å²) in [4.78, 5) is 14.9. The number of nitrogens with zero attached hydrogens (tertiary/aromatic N) is 1. The maximum atomic E-state index is 10.8. The molecule has 13 heavy (non-hydrogen) atoms. The first kappa shape index (κ1) is 8.65. The van der Waals surface area contributed by atoms with E-state index in [-0.39, 0.29) is 5.56 Å². The van der Waals surface area contributed by atoms with Crippen molar-refractivity contribution >= 4 is 43.5 Å². The number of hydrogen-bond donors (Lipinski definition) is 1. The van der Waals surface area contributed by atoms with Gasteiger partial charge in [-0.3, -0.25) is 0 Å². The Morgan fingerprint density at radius 1 is 1.54 bits per heavy atom. The molecular weight excluding hydrogens is 254 g/mol. The summed E-state index contributed by atoms with van der Waals surface area (Å²) in [5.74, 6) is -0.941. The summed E-state index contributed by atoms with van der Waals surface area (Å²) in [6.07, 6.45) is 0. The van der Waals surface area contributed by atoms with Crippen molar-refractivity contribution in [2.75, 3.05) is 0 Å². The van der Waals surface area contributed by atoms with Crippen molar-refractivity contribution in [3.63, 3.8) is 0 Å². The molecular formula is C8H4BrNO2S. The Hall–Kier alpha value is -0.940. The number of para-hydroxylation sites is 1. The van der Waals surface area contributed by atoms with Crippen LogP contribution >= 0.6 is 27.3 Å². The smallest absolute Gasteiger partial charge is 0.337 e. The Kier molecular flexibility index (Phi) is 2.05. The summed E-state index contributed by atoms with van der Waals surface area (Å²) in [5, 5.41) is 8.84. The van der Waals surface area contributed by atoms with Gasteiger partial charge in [0.25, 0.3) is 0 Å². The molecule has 0 aliphatic heterocycles. The average Bonchev–Trinajstić information content (AvgIpc) is 2.43. The molecule has 2 rings (SSSR count). The third-order valence-corrected chi connectivity index (χ3v) is 3.10. The second kappa shape index (κ2) is 3.08. The number of carbonyl (C=O) groups is 1. The molecule has 0 unspecified atom stereocenters. The number of carboxylic acid groups (broad SMARTS) is 1. The third kappa shape index (κ3) is 1.45. The van der Waals surface area contributed by atoms with Crippen LogP contribution < -0.4 is 0 Å². The number of aromatic carboxylic acids is 1. The fraction of sp³-hybridized carbons (Fsp3) is 0. The van der Waals surface area contributed by atoms with Crippen LogP contribution in [0.2, 0.25) is 0 Å². The molecule has 1 heterocycles. The summed E-state index contributed by atoms with van der Waals surface area (Å²) < 4.78 is 1.59. The van der Waals surface area contributed by atoms with Gasteiger partial charge in [-0.1, -0.05) is 6.07 Å².